The summed E-state index contributed by atoms with van der Waals surface area (Å²) in [5.41, 5.74) is 3.21. The van der Waals surface area contributed by atoms with Crippen LogP contribution in [0.1, 0.15) is 5.56 Å². The van der Waals surface area contributed by atoms with Gasteiger partial charge in [0.05, 0.1) is 12.8 Å². The van der Waals surface area contributed by atoms with E-state index < -0.39 is 0 Å². The second kappa shape index (κ2) is 7.25. The molecule has 136 valence electrons. The van der Waals surface area contributed by atoms with Gasteiger partial charge in [-0.3, -0.25) is 0 Å². The van der Waals surface area contributed by atoms with E-state index in [4.69, 9.17) is 21.4 Å². The standard InChI is InChI=1S/C21H17FN2O2S/c1-25-20-10-16-15-4-2-3-5-18(15)26-19(16)11-17(20)24-21(27)23-12-13-6-8-14(22)9-7-13/h2-11H,12H2,1H3,(H2,23,24,27). The van der Waals surface area contributed by atoms with Crippen molar-refractivity contribution in [1.82, 2.24) is 5.32 Å². The molecule has 1 aromatic heterocycles. The zero-order valence-electron chi connectivity index (χ0n) is 14.6. The van der Waals surface area contributed by atoms with Crippen molar-refractivity contribution in [3.63, 3.8) is 0 Å². The smallest absolute Gasteiger partial charge is 0.171 e. The van der Waals surface area contributed by atoms with Crippen molar-refractivity contribution in [2.45, 2.75) is 6.54 Å². The summed E-state index contributed by atoms with van der Waals surface area (Å²) >= 11 is 5.37. The van der Waals surface area contributed by atoms with Crippen LogP contribution < -0.4 is 15.4 Å². The van der Waals surface area contributed by atoms with Crippen molar-refractivity contribution in [3.8, 4) is 5.75 Å². The molecule has 6 heteroatoms. The average molecular weight is 380 g/mol. The lowest BCUT2D eigenvalue weighted by molar-refractivity contribution is 0.417. The summed E-state index contributed by atoms with van der Waals surface area (Å²) in [6.07, 6.45) is 0. The van der Waals surface area contributed by atoms with Gasteiger partial charge in [0, 0.05) is 23.4 Å². The molecule has 0 saturated carbocycles. The summed E-state index contributed by atoms with van der Waals surface area (Å²) < 4.78 is 24.4. The fourth-order valence-corrected chi connectivity index (χ4v) is 3.15. The highest BCUT2D eigenvalue weighted by atomic mass is 32.1. The molecule has 0 bridgehead atoms. The summed E-state index contributed by atoms with van der Waals surface area (Å²) in [7, 11) is 1.61. The quantitative estimate of drug-likeness (QED) is 0.475. The number of hydrogen-bond donors (Lipinski definition) is 2. The van der Waals surface area contributed by atoms with Gasteiger partial charge in [0.1, 0.15) is 22.7 Å². The van der Waals surface area contributed by atoms with E-state index in [2.05, 4.69) is 10.6 Å². The van der Waals surface area contributed by atoms with E-state index in [1.165, 1.54) is 12.1 Å². The molecule has 0 amide bonds. The second-order valence-corrected chi connectivity index (χ2v) is 6.49. The van der Waals surface area contributed by atoms with Gasteiger partial charge < -0.3 is 19.8 Å². The average Bonchev–Trinajstić information content (AvgIpc) is 3.04. The number of hydrogen-bond acceptors (Lipinski definition) is 3. The van der Waals surface area contributed by atoms with Gasteiger partial charge in [-0.25, -0.2) is 4.39 Å². The first-order chi connectivity index (χ1) is 13.1. The Labute approximate surface area is 160 Å². The molecule has 27 heavy (non-hydrogen) atoms. The molecule has 0 atom stereocenters. The molecule has 0 spiro atoms. The first-order valence-electron chi connectivity index (χ1n) is 8.42. The Morgan fingerprint density at radius 1 is 1.04 bits per heavy atom. The van der Waals surface area contributed by atoms with Gasteiger partial charge in [-0.2, -0.15) is 0 Å². The van der Waals surface area contributed by atoms with Gasteiger partial charge in [-0.15, -0.1) is 0 Å². The lowest BCUT2D eigenvalue weighted by Crippen LogP contribution is -2.28. The summed E-state index contributed by atoms with van der Waals surface area (Å²) in [5, 5.41) is 8.70. The Bertz CT molecular complexity index is 1120. The fourth-order valence-electron chi connectivity index (χ4n) is 2.97. The van der Waals surface area contributed by atoms with Crippen molar-refractivity contribution >= 4 is 45.0 Å². The fraction of sp³-hybridized carbons (Fsp3) is 0.0952. The van der Waals surface area contributed by atoms with Crippen molar-refractivity contribution in [2.24, 2.45) is 0 Å². The molecule has 0 radical (unpaired) electrons. The van der Waals surface area contributed by atoms with Gasteiger partial charge in [0.15, 0.2) is 5.11 Å². The summed E-state index contributed by atoms with van der Waals surface area (Å²) in [6, 6.07) is 18.0. The molecule has 0 fully saturated rings. The van der Waals surface area contributed by atoms with Crippen molar-refractivity contribution < 1.29 is 13.5 Å². The maximum absolute atomic E-state index is 13.0. The minimum Gasteiger partial charge on any atom is -0.495 e. The maximum atomic E-state index is 13.0. The number of para-hydroxylation sites is 1. The highest BCUT2D eigenvalue weighted by molar-refractivity contribution is 7.80. The molecule has 0 aliphatic rings. The molecular formula is C21H17FN2O2S. The first-order valence-corrected chi connectivity index (χ1v) is 8.83. The van der Waals surface area contributed by atoms with Crippen LogP contribution in [0.2, 0.25) is 0 Å². The van der Waals surface area contributed by atoms with Crippen LogP contribution in [-0.4, -0.2) is 12.2 Å². The number of rotatable bonds is 4. The number of fused-ring (bicyclic) bond motifs is 3. The molecule has 1 heterocycles. The zero-order valence-corrected chi connectivity index (χ0v) is 15.4. The number of anilines is 1. The van der Waals surface area contributed by atoms with Crippen LogP contribution in [0.4, 0.5) is 10.1 Å². The predicted molar refractivity (Wildman–Crippen MR) is 110 cm³/mol. The Kier molecular flexibility index (Phi) is 4.64. The van der Waals surface area contributed by atoms with Crippen molar-refractivity contribution in [3.05, 3.63) is 72.0 Å². The molecule has 4 aromatic rings. The zero-order chi connectivity index (χ0) is 18.8. The van der Waals surface area contributed by atoms with Crippen LogP contribution in [0.3, 0.4) is 0 Å². The van der Waals surface area contributed by atoms with Crippen LogP contribution in [0.15, 0.2) is 65.1 Å². The Morgan fingerprint density at radius 2 is 1.81 bits per heavy atom. The number of benzene rings is 3. The van der Waals surface area contributed by atoms with Crippen LogP contribution in [0.25, 0.3) is 21.9 Å². The minimum absolute atomic E-state index is 0.261. The number of nitrogens with one attached hydrogen (secondary N) is 2. The third-order valence-corrected chi connectivity index (χ3v) is 4.56. The summed E-state index contributed by atoms with van der Waals surface area (Å²) in [5.74, 6) is 0.406. The van der Waals surface area contributed by atoms with E-state index in [9.17, 15) is 4.39 Å². The number of methoxy groups -OCH3 is 1. The Morgan fingerprint density at radius 3 is 2.59 bits per heavy atom. The van der Waals surface area contributed by atoms with E-state index in [-0.39, 0.29) is 5.82 Å². The summed E-state index contributed by atoms with van der Waals surface area (Å²) in [4.78, 5) is 0. The van der Waals surface area contributed by atoms with Crippen molar-refractivity contribution in [1.29, 1.82) is 0 Å². The largest absolute Gasteiger partial charge is 0.495 e. The number of halogens is 1. The second-order valence-electron chi connectivity index (χ2n) is 6.08. The molecule has 0 unspecified atom stereocenters. The highest BCUT2D eigenvalue weighted by Gasteiger charge is 2.13. The van der Waals surface area contributed by atoms with E-state index >= 15 is 0 Å². The maximum Gasteiger partial charge on any atom is 0.171 e. The van der Waals surface area contributed by atoms with E-state index in [0.29, 0.717) is 23.1 Å². The van der Waals surface area contributed by atoms with Crippen molar-refractivity contribution in [2.75, 3.05) is 12.4 Å². The van der Waals surface area contributed by atoms with Gasteiger partial charge in [-0.05, 0) is 42.0 Å². The van der Waals surface area contributed by atoms with Gasteiger partial charge in [0.2, 0.25) is 0 Å². The topological polar surface area (TPSA) is 46.4 Å². The predicted octanol–water partition coefficient (Wildman–Crippen LogP) is 5.22. The molecule has 2 N–H and O–H groups in total. The SMILES string of the molecule is COc1cc2c(cc1NC(=S)NCc1ccc(F)cc1)oc1ccccc12. The monoisotopic (exact) mass is 380 g/mol. The Balaban J connectivity index is 1.56. The van der Waals surface area contributed by atoms with Gasteiger partial charge in [0.25, 0.3) is 0 Å². The van der Waals surface area contributed by atoms with E-state index in [1.807, 2.05) is 36.4 Å². The third kappa shape index (κ3) is 3.57. The van der Waals surface area contributed by atoms with Crippen LogP contribution in [-0.2, 0) is 6.54 Å². The van der Waals surface area contributed by atoms with E-state index in [0.717, 1.165) is 27.5 Å². The number of furan rings is 1. The third-order valence-electron chi connectivity index (χ3n) is 4.31. The van der Waals surface area contributed by atoms with Crippen LogP contribution in [0.5, 0.6) is 5.75 Å². The lowest BCUT2D eigenvalue weighted by Gasteiger charge is -2.13. The Hall–Kier alpha value is -3.12. The molecule has 4 nitrogen and oxygen atoms in total. The number of thiocarbonyl (C=S) groups is 1. The number of ether oxygens (including phenoxy) is 1. The first kappa shape index (κ1) is 17.3. The molecule has 3 aromatic carbocycles. The molecule has 0 aliphatic heterocycles. The van der Waals surface area contributed by atoms with Gasteiger partial charge in [-0.1, -0.05) is 30.3 Å². The highest BCUT2D eigenvalue weighted by Crippen LogP contribution is 2.36. The lowest BCUT2D eigenvalue weighted by atomic mass is 10.1. The van der Waals surface area contributed by atoms with Gasteiger partial charge >= 0.3 is 0 Å². The van der Waals surface area contributed by atoms with E-state index in [1.54, 1.807) is 19.2 Å². The van der Waals surface area contributed by atoms with Crippen LogP contribution in [0, 0.1) is 5.82 Å². The molecule has 0 saturated heterocycles. The minimum atomic E-state index is -0.261. The van der Waals surface area contributed by atoms with Crippen LogP contribution >= 0.6 is 12.2 Å². The normalized spacial score (nSPS) is 10.9. The summed E-state index contributed by atoms with van der Waals surface area (Å²) in [6.45, 7) is 0.487. The molecule has 4 rings (SSSR count). The molecule has 0 aliphatic carbocycles. The molecular weight excluding hydrogens is 363 g/mol.